The average Bonchev–Trinajstić information content (AvgIpc) is 2.73. The number of rotatable bonds is 3. The lowest BCUT2D eigenvalue weighted by molar-refractivity contribution is 0.104. The summed E-state index contributed by atoms with van der Waals surface area (Å²) in [6, 6.07) is 10.8. The molecule has 1 aromatic carbocycles. The summed E-state index contributed by atoms with van der Waals surface area (Å²) in [6.07, 6.45) is 3.39. The Balaban J connectivity index is 2.11. The number of carbonyl (C=O) groups excluding carboxylic acids is 1. The van der Waals surface area contributed by atoms with Crippen molar-refractivity contribution >= 4 is 44.8 Å². The summed E-state index contributed by atoms with van der Waals surface area (Å²) in [5.74, 6) is -0.0190. The van der Waals surface area contributed by atoms with E-state index in [1.165, 1.54) is 0 Å². The lowest BCUT2D eigenvalue weighted by Crippen LogP contribution is -1.94. The summed E-state index contributed by atoms with van der Waals surface area (Å²) in [7, 11) is 0. The van der Waals surface area contributed by atoms with Crippen molar-refractivity contribution in [1.82, 2.24) is 0 Å². The van der Waals surface area contributed by atoms with E-state index >= 15 is 0 Å². The molecule has 0 aliphatic carbocycles. The Kier molecular flexibility index (Phi) is 3.76. The van der Waals surface area contributed by atoms with Gasteiger partial charge in [0.05, 0.1) is 3.79 Å². The first-order valence-electron chi connectivity index (χ1n) is 4.98. The lowest BCUT2D eigenvalue weighted by atomic mass is 10.1. The van der Waals surface area contributed by atoms with Gasteiger partial charge in [0.1, 0.15) is 0 Å². The van der Waals surface area contributed by atoms with Crippen molar-refractivity contribution in [1.29, 1.82) is 0 Å². The summed E-state index contributed by atoms with van der Waals surface area (Å²) < 4.78 is 1.05. The highest BCUT2D eigenvalue weighted by atomic mass is 79.9. The highest BCUT2D eigenvalue weighted by molar-refractivity contribution is 9.11. The smallest absolute Gasteiger partial charge is 0.185 e. The maximum absolute atomic E-state index is 11.8. The van der Waals surface area contributed by atoms with E-state index in [9.17, 15) is 4.79 Å². The third kappa shape index (κ3) is 3.28. The fourth-order valence-electron chi connectivity index (χ4n) is 1.32. The predicted octanol–water partition coefficient (Wildman–Crippen LogP) is 3.99. The number of hydrogen-bond donors (Lipinski definition) is 1. The van der Waals surface area contributed by atoms with Crippen molar-refractivity contribution in [2.45, 2.75) is 0 Å². The van der Waals surface area contributed by atoms with Gasteiger partial charge in [0, 0.05) is 16.1 Å². The minimum absolute atomic E-state index is 0.0190. The van der Waals surface area contributed by atoms with E-state index in [2.05, 4.69) is 15.9 Å². The number of benzene rings is 1. The third-order valence-electron chi connectivity index (χ3n) is 2.19. The van der Waals surface area contributed by atoms with Crippen LogP contribution in [-0.2, 0) is 0 Å². The molecule has 0 bridgehead atoms. The number of allylic oxidation sites excluding steroid dienone is 1. The van der Waals surface area contributed by atoms with Crippen LogP contribution in [0.1, 0.15) is 15.2 Å². The van der Waals surface area contributed by atoms with E-state index in [1.807, 2.05) is 18.2 Å². The summed E-state index contributed by atoms with van der Waals surface area (Å²) in [4.78, 5) is 12.8. The van der Waals surface area contributed by atoms with Crippen LogP contribution >= 0.6 is 27.3 Å². The minimum Gasteiger partial charge on any atom is -0.399 e. The molecule has 0 unspecified atom stereocenters. The molecule has 2 rings (SSSR count). The normalized spacial score (nSPS) is 10.9. The van der Waals surface area contributed by atoms with E-state index in [0.29, 0.717) is 11.3 Å². The zero-order chi connectivity index (χ0) is 12.3. The fraction of sp³-hybridized carbons (Fsp3) is 0. The summed E-state index contributed by atoms with van der Waals surface area (Å²) in [5, 5.41) is 0. The first-order chi connectivity index (χ1) is 8.15. The van der Waals surface area contributed by atoms with Crippen LogP contribution < -0.4 is 5.73 Å². The Bertz CT molecular complexity index is 557. The Morgan fingerprint density at radius 2 is 1.88 bits per heavy atom. The number of halogens is 1. The molecule has 1 aromatic heterocycles. The molecule has 17 heavy (non-hydrogen) atoms. The zero-order valence-electron chi connectivity index (χ0n) is 8.89. The maximum atomic E-state index is 11.8. The van der Waals surface area contributed by atoms with E-state index in [1.54, 1.807) is 41.7 Å². The van der Waals surface area contributed by atoms with Gasteiger partial charge in [0.25, 0.3) is 0 Å². The maximum Gasteiger partial charge on any atom is 0.185 e. The molecule has 0 saturated heterocycles. The van der Waals surface area contributed by atoms with E-state index in [-0.39, 0.29) is 5.78 Å². The summed E-state index contributed by atoms with van der Waals surface area (Å²) >= 11 is 4.96. The molecule has 0 spiro atoms. The van der Waals surface area contributed by atoms with Gasteiger partial charge in [-0.1, -0.05) is 0 Å². The number of nitrogen functional groups attached to an aromatic ring is 1. The number of carbonyl (C=O) groups is 1. The van der Waals surface area contributed by atoms with Gasteiger partial charge in [-0.25, -0.2) is 0 Å². The van der Waals surface area contributed by atoms with Crippen LogP contribution in [0.15, 0.2) is 46.3 Å². The highest BCUT2D eigenvalue weighted by Crippen LogP contribution is 2.23. The predicted molar refractivity (Wildman–Crippen MR) is 76.2 cm³/mol. The van der Waals surface area contributed by atoms with Gasteiger partial charge in [0.15, 0.2) is 5.78 Å². The van der Waals surface area contributed by atoms with Gasteiger partial charge in [-0.2, -0.15) is 0 Å². The molecule has 0 atom stereocenters. The van der Waals surface area contributed by atoms with Crippen LogP contribution in [0.4, 0.5) is 5.69 Å². The number of ketones is 1. The molecule has 0 aliphatic rings. The van der Waals surface area contributed by atoms with E-state index in [0.717, 1.165) is 8.66 Å². The molecular formula is C13H10BrNOS. The molecule has 0 aliphatic heterocycles. The summed E-state index contributed by atoms with van der Waals surface area (Å²) in [6.45, 7) is 0. The van der Waals surface area contributed by atoms with Crippen molar-refractivity contribution < 1.29 is 4.79 Å². The molecule has 2 N–H and O–H groups in total. The van der Waals surface area contributed by atoms with Gasteiger partial charge in [0.2, 0.25) is 0 Å². The van der Waals surface area contributed by atoms with Gasteiger partial charge < -0.3 is 5.73 Å². The highest BCUT2D eigenvalue weighted by Gasteiger charge is 2.01. The molecule has 2 aromatic rings. The Hall–Kier alpha value is -1.39. The molecule has 0 radical (unpaired) electrons. The summed E-state index contributed by atoms with van der Waals surface area (Å²) in [5.41, 5.74) is 6.87. The minimum atomic E-state index is -0.0190. The van der Waals surface area contributed by atoms with Gasteiger partial charge in [-0.05, 0) is 64.5 Å². The van der Waals surface area contributed by atoms with Gasteiger partial charge in [-0.3, -0.25) is 4.79 Å². The zero-order valence-corrected chi connectivity index (χ0v) is 11.3. The quantitative estimate of drug-likeness (QED) is 0.529. The second-order valence-electron chi connectivity index (χ2n) is 3.46. The lowest BCUT2D eigenvalue weighted by Gasteiger charge is -1.96. The van der Waals surface area contributed by atoms with Crippen LogP contribution in [0.5, 0.6) is 0 Å². The van der Waals surface area contributed by atoms with E-state index < -0.39 is 0 Å². The first kappa shape index (κ1) is 12.1. The van der Waals surface area contributed by atoms with Crippen LogP contribution in [0.2, 0.25) is 0 Å². The number of anilines is 1. The SMILES string of the molecule is Nc1ccc(C(=O)/C=C/c2ccc(Br)s2)cc1. The molecule has 2 nitrogen and oxygen atoms in total. The van der Waals surface area contributed by atoms with Crippen molar-refractivity contribution in [2.24, 2.45) is 0 Å². The van der Waals surface area contributed by atoms with Crippen molar-refractivity contribution in [3.05, 3.63) is 56.7 Å². The van der Waals surface area contributed by atoms with Crippen LogP contribution in [0.3, 0.4) is 0 Å². The van der Waals surface area contributed by atoms with Crippen molar-refractivity contribution in [3.8, 4) is 0 Å². The second kappa shape index (κ2) is 5.29. The van der Waals surface area contributed by atoms with Gasteiger partial charge in [-0.15, -0.1) is 11.3 Å². The molecule has 86 valence electrons. The van der Waals surface area contributed by atoms with E-state index in [4.69, 9.17) is 5.73 Å². The van der Waals surface area contributed by atoms with Gasteiger partial charge >= 0.3 is 0 Å². The third-order valence-corrected chi connectivity index (χ3v) is 3.78. The number of nitrogens with two attached hydrogens (primary N) is 1. The molecule has 0 fully saturated rings. The number of hydrogen-bond acceptors (Lipinski definition) is 3. The topological polar surface area (TPSA) is 43.1 Å². The van der Waals surface area contributed by atoms with Crippen LogP contribution in [0, 0.1) is 0 Å². The Morgan fingerprint density at radius 3 is 2.47 bits per heavy atom. The van der Waals surface area contributed by atoms with Crippen molar-refractivity contribution in [2.75, 3.05) is 5.73 Å². The second-order valence-corrected chi connectivity index (χ2v) is 5.96. The van der Waals surface area contributed by atoms with Crippen LogP contribution in [-0.4, -0.2) is 5.78 Å². The monoisotopic (exact) mass is 307 g/mol. The molecule has 0 saturated carbocycles. The molecular weight excluding hydrogens is 298 g/mol. The Labute approximate surface area is 112 Å². The average molecular weight is 308 g/mol. The Morgan fingerprint density at radius 1 is 1.18 bits per heavy atom. The standard InChI is InChI=1S/C13H10BrNOS/c14-13-8-6-11(17-13)5-7-12(16)9-1-3-10(15)4-2-9/h1-8H,15H2/b7-5+. The fourth-order valence-corrected chi connectivity index (χ4v) is 2.65. The molecule has 1 heterocycles. The molecule has 4 heteroatoms. The molecule has 0 amide bonds. The van der Waals surface area contributed by atoms with Crippen LogP contribution in [0.25, 0.3) is 6.08 Å². The number of thiophene rings is 1. The van der Waals surface area contributed by atoms with Crippen molar-refractivity contribution in [3.63, 3.8) is 0 Å². The first-order valence-corrected chi connectivity index (χ1v) is 6.59. The largest absolute Gasteiger partial charge is 0.399 e.